The highest BCUT2D eigenvalue weighted by Crippen LogP contribution is 2.08. The molecule has 4 nitrogen and oxygen atoms in total. The summed E-state index contributed by atoms with van der Waals surface area (Å²) in [6.07, 6.45) is -0.515. The van der Waals surface area contributed by atoms with Gasteiger partial charge in [-0.2, -0.15) is 0 Å². The average molecular weight is 215 g/mol. The highest BCUT2D eigenvalue weighted by molar-refractivity contribution is 7.09. The molecule has 1 rings (SSSR count). The number of carbonyl (C=O) groups excluding carboxylic acids is 1. The quantitative estimate of drug-likeness (QED) is 0.686. The van der Waals surface area contributed by atoms with Crippen molar-refractivity contribution in [2.45, 2.75) is 12.5 Å². The molecular formula is C9H13NO3S. The lowest BCUT2D eigenvalue weighted by molar-refractivity contribution is -0.152. The minimum Gasteiger partial charge on any atom is -0.463 e. The minimum absolute atomic E-state index is 0.0994. The number of hydrogen-bond donors (Lipinski definition) is 2. The molecule has 0 bridgehead atoms. The van der Waals surface area contributed by atoms with E-state index in [1.54, 1.807) is 11.3 Å². The van der Waals surface area contributed by atoms with Crippen molar-refractivity contribution in [2.24, 2.45) is 5.73 Å². The van der Waals surface area contributed by atoms with Crippen molar-refractivity contribution in [3.05, 3.63) is 22.4 Å². The van der Waals surface area contributed by atoms with Crippen LogP contribution < -0.4 is 5.73 Å². The second kappa shape index (κ2) is 5.74. The Kier molecular flexibility index (Phi) is 4.58. The van der Waals surface area contributed by atoms with E-state index in [2.05, 4.69) is 0 Å². The van der Waals surface area contributed by atoms with Crippen LogP contribution in [0.3, 0.4) is 0 Å². The van der Waals surface area contributed by atoms with Gasteiger partial charge in [0.1, 0.15) is 0 Å². The maximum atomic E-state index is 11.0. The van der Waals surface area contributed by atoms with E-state index in [0.29, 0.717) is 6.42 Å². The number of ether oxygens (including phenoxy) is 1. The summed E-state index contributed by atoms with van der Waals surface area (Å²) in [5.74, 6) is -0.649. The number of thiophene rings is 1. The standard InChI is InChI=1S/C9H13NO3S/c10-6-8(11)9(12)13-4-3-7-2-1-5-14-7/h1-2,5,8,11H,3-4,6,10H2/t8-/m0/s1. The molecule has 5 heteroatoms. The van der Waals surface area contributed by atoms with E-state index in [4.69, 9.17) is 15.6 Å². The molecule has 78 valence electrons. The third-order valence-electron chi connectivity index (χ3n) is 1.67. The van der Waals surface area contributed by atoms with Crippen LogP contribution in [0.1, 0.15) is 4.88 Å². The first kappa shape index (κ1) is 11.2. The van der Waals surface area contributed by atoms with Gasteiger partial charge in [0.2, 0.25) is 0 Å². The van der Waals surface area contributed by atoms with E-state index in [0.717, 1.165) is 4.88 Å². The van der Waals surface area contributed by atoms with Gasteiger partial charge in [0.25, 0.3) is 0 Å². The Morgan fingerprint density at radius 2 is 2.50 bits per heavy atom. The zero-order valence-electron chi connectivity index (χ0n) is 7.68. The van der Waals surface area contributed by atoms with E-state index < -0.39 is 12.1 Å². The fourth-order valence-corrected chi connectivity index (χ4v) is 1.59. The van der Waals surface area contributed by atoms with Crippen molar-refractivity contribution in [3.8, 4) is 0 Å². The molecule has 3 N–H and O–H groups in total. The number of aliphatic hydroxyl groups excluding tert-OH is 1. The Labute approximate surface area is 86.3 Å². The number of carbonyl (C=O) groups is 1. The zero-order valence-corrected chi connectivity index (χ0v) is 8.50. The van der Waals surface area contributed by atoms with Gasteiger partial charge in [0.15, 0.2) is 6.10 Å². The Morgan fingerprint density at radius 3 is 3.07 bits per heavy atom. The first-order chi connectivity index (χ1) is 6.74. The Morgan fingerprint density at radius 1 is 1.71 bits per heavy atom. The normalized spacial score (nSPS) is 12.4. The largest absolute Gasteiger partial charge is 0.463 e. The van der Waals surface area contributed by atoms with E-state index in [1.807, 2.05) is 17.5 Å². The molecule has 0 aromatic carbocycles. The third-order valence-corrected chi connectivity index (χ3v) is 2.60. The van der Waals surface area contributed by atoms with E-state index in [-0.39, 0.29) is 13.2 Å². The molecule has 0 aliphatic rings. The van der Waals surface area contributed by atoms with Gasteiger partial charge < -0.3 is 15.6 Å². The van der Waals surface area contributed by atoms with E-state index >= 15 is 0 Å². The summed E-state index contributed by atoms with van der Waals surface area (Å²) < 4.78 is 4.81. The van der Waals surface area contributed by atoms with Crippen LogP contribution in [0.2, 0.25) is 0 Å². The molecule has 0 fully saturated rings. The average Bonchev–Trinajstić information content (AvgIpc) is 2.69. The van der Waals surface area contributed by atoms with Crippen LogP contribution in [-0.4, -0.2) is 30.3 Å². The predicted octanol–water partition coefficient (Wildman–Crippen LogP) is 0.153. The zero-order chi connectivity index (χ0) is 10.4. The van der Waals surface area contributed by atoms with Crippen LogP contribution in [0.5, 0.6) is 0 Å². The lowest BCUT2D eigenvalue weighted by Crippen LogP contribution is -2.31. The fraction of sp³-hybridized carbons (Fsp3) is 0.444. The van der Waals surface area contributed by atoms with Gasteiger partial charge in [-0.05, 0) is 11.4 Å². The highest BCUT2D eigenvalue weighted by Gasteiger charge is 2.13. The molecule has 1 heterocycles. The first-order valence-electron chi connectivity index (χ1n) is 4.31. The second-order valence-corrected chi connectivity index (χ2v) is 3.78. The topological polar surface area (TPSA) is 72.5 Å². The van der Waals surface area contributed by atoms with Crippen molar-refractivity contribution in [2.75, 3.05) is 13.2 Å². The van der Waals surface area contributed by atoms with Crippen molar-refractivity contribution in [1.82, 2.24) is 0 Å². The number of hydrogen-bond acceptors (Lipinski definition) is 5. The second-order valence-electron chi connectivity index (χ2n) is 2.75. The summed E-state index contributed by atoms with van der Waals surface area (Å²) in [4.78, 5) is 12.1. The van der Waals surface area contributed by atoms with Crippen molar-refractivity contribution < 1.29 is 14.6 Å². The smallest absolute Gasteiger partial charge is 0.336 e. The third kappa shape index (κ3) is 3.45. The lowest BCUT2D eigenvalue weighted by atomic mass is 10.3. The Bertz CT molecular complexity index is 274. The summed E-state index contributed by atoms with van der Waals surface area (Å²) in [5, 5.41) is 11.0. The van der Waals surface area contributed by atoms with Crippen LogP contribution in [0, 0.1) is 0 Å². The number of esters is 1. The molecule has 0 saturated heterocycles. The molecule has 0 saturated carbocycles. The molecule has 14 heavy (non-hydrogen) atoms. The number of aliphatic hydroxyl groups is 1. The summed E-state index contributed by atoms with van der Waals surface area (Å²) in [7, 11) is 0. The van der Waals surface area contributed by atoms with Gasteiger partial charge in [-0.3, -0.25) is 0 Å². The lowest BCUT2D eigenvalue weighted by Gasteiger charge is -2.07. The molecular weight excluding hydrogens is 202 g/mol. The van der Waals surface area contributed by atoms with Crippen LogP contribution in [0.15, 0.2) is 17.5 Å². The molecule has 0 aliphatic carbocycles. The van der Waals surface area contributed by atoms with Crippen LogP contribution in [0.4, 0.5) is 0 Å². The van der Waals surface area contributed by atoms with Crippen LogP contribution in [0.25, 0.3) is 0 Å². The summed E-state index contributed by atoms with van der Waals surface area (Å²) in [6.45, 7) is 0.189. The molecule has 1 aromatic rings. The number of nitrogens with two attached hydrogens (primary N) is 1. The maximum absolute atomic E-state index is 11.0. The highest BCUT2D eigenvalue weighted by atomic mass is 32.1. The number of rotatable bonds is 5. The predicted molar refractivity (Wildman–Crippen MR) is 54.0 cm³/mol. The van der Waals surface area contributed by atoms with Gasteiger partial charge in [0, 0.05) is 17.8 Å². The minimum atomic E-state index is -1.20. The Hall–Kier alpha value is -0.910. The van der Waals surface area contributed by atoms with Gasteiger partial charge in [-0.25, -0.2) is 4.79 Å². The van der Waals surface area contributed by atoms with Crippen molar-refractivity contribution >= 4 is 17.3 Å². The van der Waals surface area contributed by atoms with Crippen LogP contribution >= 0.6 is 11.3 Å². The Balaban J connectivity index is 2.18. The van der Waals surface area contributed by atoms with E-state index in [9.17, 15) is 4.79 Å². The van der Waals surface area contributed by atoms with Gasteiger partial charge in [-0.1, -0.05) is 6.07 Å². The summed E-state index contributed by atoms with van der Waals surface area (Å²) in [6, 6.07) is 3.91. The molecule has 0 aliphatic heterocycles. The SMILES string of the molecule is NC[C@H](O)C(=O)OCCc1cccs1. The maximum Gasteiger partial charge on any atom is 0.336 e. The molecule has 0 amide bonds. The summed E-state index contributed by atoms with van der Waals surface area (Å²) >= 11 is 1.61. The van der Waals surface area contributed by atoms with E-state index in [1.165, 1.54) is 0 Å². The summed E-state index contributed by atoms with van der Waals surface area (Å²) in [5.41, 5.74) is 5.09. The molecule has 0 spiro atoms. The van der Waals surface area contributed by atoms with Crippen molar-refractivity contribution in [3.63, 3.8) is 0 Å². The van der Waals surface area contributed by atoms with Gasteiger partial charge in [-0.15, -0.1) is 11.3 Å². The van der Waals surface area contributed by atoms with Gasteiger partial charge in [0.05, 0.1) is 6.61 Å². The molecule has 1 aromatic heterocycles. The molecule has 1 atom stereocenters. The molecule has 0 radical (unpaired) electrons. The van der Waals surface area contributed by atoms with Gasteiger partial charge >= 0.3 is 5.97 Å². The fourth-order valence-electron chi connectivity index (χ4n) is 0.899. The molecule has 0 unspecified atom stereocenters. The first-order valence-corrected chi connectivity index (χ1v) is 5.19. The van der Waals surface area contributed by atoms with Crippen LogP contribution in [-0.2, 0) is 16.0 Å². The monoisotopic (exact) mass is 215 g/mol. The van der Waals surface area contributed by atoms with Crippen molar-refractivity contribution in [1.29, 1.82) is 0 Å².